The lowest BCUT2D eigenvalue weighted by Crippen LogP contribution is -2.51. The van der Waals surface area contributed by atoms with Crippen LogP contribution in [-0.4, -0.2) is 60.3 Å². The molecule has 1 heterocycles. The van der Waals surface area contributed by atoms with Gasteiger partial charge in [-0.1, -0.05) is 24.6 Å². The SMILES string of the molecule is CCC(CO)N1CCN(CCc2c(F)cccc2Cl)CC1. The number of rotatable bonds is 6. The Balaban J connectivity index is 1.81. The van der Waals surface area contributed by atoms with Gasteiger partial charge in [0.25, 0.3) is 0 Å². The number of hydrogen-bond donors (Lipinski definition) is 1. The van der Waals surface area contributed by atoms with E-state index in [2.05, 4.69) is 16.7 Å². The zero-order valence-corrected chi connectivity index (χ0v) is 13.3. The highest BCUT2D eigenvalue weighted by molar-refractivity contribution is 6.31. The second-order valence-electron chi connectivity index (χ2n) is 5.57. The molecular weight excluding hydrogens is 291 g/mol. The van der Waals surface area contributed by atoms with Gasteiger partial charge in [-0.05, 0) is 25.0 Å². The van der Waals surface area contributed by atoms with E-state index in [-0.39, 0.29) is 18.5 Å². The summed E-state index contributed by atoms with van der Waals surface area (Å²) in [6.45, 7) is 7.00. The van der Waals surface area contributed by atoms with Crippen molar-refractivity contribution in [2.45, 2.75) is 25.8 Å². The molecule has 1 aromatic rings. The molecule has 5 heteroatoms. The van der Waals surface area contributed by atoms with Gasteiger partial charge < -0.3 is 10.0 Å². The summed E-state index contributed by atoms with van der Waals surface area (Å²) >= 11 is 6.06. The predicted molar refractivity (Wildman–Crippen MR) is 84.3 cm³/mol. The smallest absolute Gasteiger partial charge is 0.127 e. The van der Waals surface area contributed by atoms with Crippen LogP contribution in [0.1, 0.15) is 18.9 Å². The largest absolute Gasteiger partial charge is 0.395 e. The normalized spacial score (nSPS) is 18.9. The lowest BCUT2D eigenvalue weighted by molar-refractivity contribution is 0.0640. The average molecular weight is 315 g/mol. The number of halogens is 2. The van der Waals surface area contributed by atoms with E-state index in [0.29, 0.717) is 17.0 Å². The molecule has 1 aromatic carbocycles. The van der Waals surface area contributed by atoms with Crippen molar-refractivity contribution in [1.29, 1.82) is 0 Å². The van der Waals surface area contributed by atoms with E-state index in [1.807, 2.05) is 0 Å². The minimum absolute atomic E-state index is 0.215. The first-order valence-electron chi connectivity index (χ1n) is 7.65. The zero-order valence-electron chi connectivity index (χ0n) is 12.6. The summed E-state index contributed by atoms with van der Waals surface area (Å²) in [5.41, 5.74) is 0.614. The van der Waals surface area contributed by atoms with Crippen molar-refractivity contribution in [3.8, 4) is 0 Å². The van der Waals surface area contributed by atoms with Crippen LogP contribution in [0.15, 0.2) is 18.2 Å². The van der Waals surface area contributed by atoms with Crippen LogP contribution in [0.2, 0.25) is 5.02 Å². The molecule has 1 saturated heterocycles. The molecule has 3 nitrogen and oxygen atoms in total. The number of benzene rings is 1. The topological polar surface area (TPSA) is 26.7 Å². The third kappa shape index (κ3) is 4.39. The standard InChI is InChI=1S/C16H24ClFN2O/c1-2-13(12-21)20-10-8-19(9-11-20)7-6-14-15(17)4-3-5-16(14)18/h3-5,13,21H,2,6-12H2,1H3. The monoisotopic (exact) mass is 314 g/mol. The third-order valence-corrected chi connectivity index (χ3v) is 4.70. The van der Waals surface area contributed by atoms with Gasteiger partial charge >= 0.3 is 0 Å². The lowest BCUT2D eigenvalue weighted by Gasteiger charge is -2.38. The quantitative estimate of drug-likeness (QED) is 0.873. The first-order valence-corrected chi connectivity index (χ1v) is 8.03. The van der Waals surface area contributed by atoms with Gasteiger partial charge in [0.05, 0.1) is 6.61 Å². The molecule has 1 aliphatic rings. The van der Waals surface area contributed by atoms with Crippen LogP contribution in [0.3, 0.4) is 0 Å². The van der Waals surface area contributed by atoms with Gasteiger partial charge in [-0.25, -0.2) is 4.39 Å². The Hall–Kier alpha value is -0.680. The van der Waals surface area contributed by atoms with Gasteiger partial charge in [0.2, 0.25) is 0 Å². The molecule has 0 radical (unpaired) electrons. The van der Waals surface area contributed by atoms with Crippen LogP contribution in [0.4, 0.5) is 4.39 Å². The highest BCUT2D eigenvalue weighted by Gasteiger charge is 2.22. The Morgan fingerprint density at radius 3 is 2.57 bits per heavy atom. The van der Waals surface area contributed by atoms with Crippen molar-refractivity contribution < 1.29 is 9.50 Å². The Labute approximate surface area is 131 Å². The van der Waals surface area contributed by atoms with Crippen molar-refractivity contribution in [2.75, 3.05) is 39.3 Å². The predicted octanol–water partition coefficient (Wildman–Crippen LogP) is 2.41. The third-order valence-electron chi connectivity index (χ3n) is 4.34. The summed E-state index contributed by atoms with van der Waals surface area (Å²) in [5, 5.41) is 9.86. The van der Waals surface area contributed by atoms with Crippen LogP contribution in [-0.2, 0) is 6.42 Å². The van der Waals surface area contributed by atoms with E-state index >= 15 is 0 Å². The van der Waals surface area contributed by atoms with Crippen molar-refractivity contribution >= 4 is 11.6 Å². The molecule has 1 fully saturated rings. The van der Waals surface area contributed by atoms with E-state index < -0.39 is 0 Å². The maximum atomic E-state index is 13.7. The Bertz CT molecular complexity index is 426. The van der Waals surface area contributed by atoms with Gasteiger partial charge in [-0.3, -0.25) is 4.90 Å². The number of piperazine rings is 1. The highest BCUT2D eigenvalue weighted by Crippen LogP contribution is 2.20. The molecule has 1 unspecified atom stereocenters. The summed E-state index contributed by atoms with van der Waals surface area (Å²) in [5.74, 6) is -0.215. The maximum absolute atomic E-state index is 13.7. The van der Waals surface area contributed by atoms with Crippen molar-refractivity contribution in [3.05, 3.63) is 34.6 Å². The van der Waals surface area contributed by atoms with Crippen LogP contribution >= 0.6 is 11.6 Å². The molecule has 0 aliphatic carbocycles. The molecule has 1 aliphatic heterocycles. The molecule has 1 atom stereocenters. The molecule has 0 spiro atoms. The number of hydrogen-bond acceptors (Lipinski definition) is 3. The summed E-state index contributed by atoms with van der Waals surface area (Å²) in [6.07, 6.45) is 1.62. The van der Waals surface area contributed by atoms with E-state index in [4.69, 9.17) is 11.6 Å². The van der Waals surface area contributed by atoms with E-state index in [9.17, 15) is 9.50 Å². The van der Waals surface area contributed by atoms with Crippen molar-refractivity contribution in [1.82, 2.24) is 9.80 Å². The molecule has 0 amide bonds. The van der Waals surface area contributed by atoms with Crippen molar-refractivity contribution in [2.24, 2.45) is 0 Å². The number of aliphatic hydroxyl groups excluding tert-OH is 1. The molecule has 118 valence electrons. The zero-order chi connectivity index (χ0) is 15.2. The molecule has 21 heavy (non-hydrogen) atoms. The molecule has 0 saturated carbocycles. The highest BCUT2D eigenvalue weighted by atomic mass is 35.5. The fourth-order valence-corrected chi connectivity index (χ4v) is 3.15. The van der Waals surface area contributed by atoms with E-state index in [1.165, 1.54) is 6.07 Å². The van der Waals surface area contributed by atoms with Gasteiger partial charge in [0.15, 0.2) is 0 Å². The van der Waals surface area contributed by atoms with Gasteiger partial charge in [0, 0.05) is 49.4 Å². The van der Waals surface area contributed by atoms with Gasteiger partial charge in [-0.15, -0.1) is 0 Å². The Morgan fingerprint density at radius 2 is 2.00 bits per heavy atom. The molecule has 2 rings (SSSR count). The van der Waals surface area contributed by atoms with Gasteiger partial charge in [0.1, 0.15) is 5.82 Å². The Morgan fingerprint density at radius 1 is 1.29 bits per heavy atom. The summed E-state index contributed by atoms with van der Waals surface area (Å²) in [7, 11) is 0. The van der Waals surface area contributed by atoms with Gasteiger partial charge in [-0.2, -0.15) is 0 Å². The fourth-order valence-electron chi connectivity index (χ4n) is 2.90. The fraction of sp³-hybridized carbons (Fsp3) is 0.625. The van der Waals surface area contributed by atoms with Crippen molar-refractivity contribution in [3.63, 3.8) is 0 Å². The average Bonchev–Trinajstić information content (AvgIpc) is 2.49. The van der Waals surface area contributed by atoms with E-state index in [1.54, 1.807) is 12.1 Å². The Kier molecular flexibility index (Phi) is 6.42. The first kappa shape index (κ1) is 16.7. The van der Waals surface area contributed by atoms with Crippen LogP contribution in [0, 0.1) is 5.82 Å². The first-order chi connectivity index (χ1) is 10.2. The second-order valence-corrected chi connectivity index (χ2v) is 5.98. The minimum atomic E-state index is -0.215. The van der Waals surface area contributed by atoms with E-state index in [0.717, 1.165) is 39.1 Å². The molecule has 0 bridgehead atoms. The molecular formula is C16H24ClFN2O. The lowest BCUT2D eigenvalue weighted by atomic mass is 10.1. The van der Waals surface area contributed by atoms with Crippen LogP contribution < -0.4 is 0 Å². The molecule has 0 aromatic heterocycles. The minimum Gasteiger partial charge on any atom is -0.395 e. The van der Waals surface area contributed by atoms with Crippen LogP contribution in [0.25, 0.3) is 0 Å². The maximum Gasteiger partial charge on any atom is 0.127 e. The second kappa shape index (κ2) is 8.08. The number of nitrogens with zero attached hydrogens (tertiary/aromatic N) is 2. The summed E-state index contributed by atoms with van der Waals surface area (Å²) in [4.78, 5) is 4.68. The van der Waals surface area contributed by atoms with Crippen LogP contribution in [0.5, 0.6) is 0 Å². The number of aliphatic hydroxyl groups is 1. The molecule has 1 N–H and O–H groups in total. The summed E-state index contributed by atoms with van der Waals surface area (Å²) < 4.78 is 13.7. The summed E-state index contributed by atoms with van der Waals surface area (Å²) in [6, 6.07) is 5.12.